The standard InChI is InChI=1S/C15H24N2O3/c1-3-8-19-13-4-6-14(7-5-13)20-11-15(18)17-10-12(2)9-16/h4-7,12H,3,8-11,16H2,1-2H3,(H,17,18). The van der Waals surface area contributed by atoms with Gasteiger partial charge in [-0.1, -0.05) is 13.8 Å². The molecule has 5 heteroatoms. The smallest absolute Gasteiger partial charge is 0.257 e. The van der Waals surface area contributed by atoms with Crippen molar-refractivity contribution in [3.8, 4) is 11.5 Å². The minimum Gasteiger partial charge on any atom is -0.494 e. The van der Waals surface area contributed by atoms with E-state index in [1.807, 2.05) is 19.1 Å². The molecule has 0 aliphatic rings. The first kappa shape index (κ1) is 16.3. The SMILES string of the molecule is CCCOc1ccc(OCC(=O)NCC(C)CN)cc1. The van der Waals surface area contributed by atoms with Crippen molar-refractivity contribution in [2.45, 2.75) is 20.3 Å². The average Bonchev–Trinajstić information content (AvgIpc) is 2.49. The number of ether oxygens (including phenoxy) is 2. The normalized spacial score (nSPS) is 11.8. The van der Waals surface area contributed by atoms with E-state index in [1.54, 1.807) is 12.1 Å². The summed E-state index contributed by atoms with van der Waals surface area (Å²) in [5, 5.41) is 2.77. The fourth-order valence-corrected chi connectivity index (χ4v) is 1.42. The Morgan fingerprint density at radius 2 is 1.85 bits per heavy atom. The van der Waals surface area contributed by atoms with E-state index >= 15 is 0 Å². The van der Waals surface area contributed by atoms with Gasteiger partial charge in [0.1, 0.15) is 11.5 Å². The van der Waals surface area contributed by atoms with Crippen LogP contribution in [0.5, 0.6) is 11.5 Å². The number of hydrogen-bond acceptors (Lipinski definition) is 4. The van der Waals surface area contributed by atoms with Crippen LogP contribution in [0.2, 0.25) is 0 Å². The van der Waals surface area contributed by atoms with Crippen molar-refractivity contribution >= 4 is 5.91 Å². The highest BCUT2D eigenvalue weighted by Gasteiger charge is 2.05. The molecule has 1 amide bonds. The maximum absolute atomic E-state index is 11.5. The molecule has 1 atom stereocenters. The molecule has 3 N–H and O–H groups in total. The predicted molar refractivity (Wildman–Crippen MR) is 79.0 cm³/mol. The quantitative estimate of drug-likeness (QED) is 0.720. The highest BCUT2D eigenvalue weighted by atomic mass is 16.5. The second-order valence-corrected chi connectivity index (χ2v) is 4.75. The van der Waals surface area contributed by atoms with Crippen LogP contribution in [-0.4, -0.2) is 32.2 Å². The summed E-state index contributed by atoms with van der Waals surface area (Å²) in [4.78, 5) is 11.5. The van der Waals surface area contributed by atoms with Crippen molar-refractivity contribution < 1.29 is 14.3 Å². The molecular weight excluding hydrogens is 256 g/mol. The summed E-state index contributed by atoms with van der Waals surface area (Å²) in [5.74, 6) is 1.59. The first-order valence-corrected chi connectivity index (χ1v) is 6.98. The van der Waals surface area contributed by atoms with Gasteiger partial charge in [-0.15, -0.1) is 0 Å². The molecule has 0 spiro atoms. The molecule has 5 nitrogen and oxygen atoms in total. The van der Waals surface area contributed by atoms with Crippen molar-refractivity contribution in [1.29, 1.82) is 0 Å². The average molecular weight is 280 g/mol. The Labute approximate surface area is 120 Å². The minimum absolute atomic E-state index is 0.00640. The van der Waals surface area contributed by atoms with Gasteiger partial charge in [-0.3, -0.25) is 4.79 Å². The molecular formula is C15H24N2O3. The molecule has 0 fully saturated rings. The fourth-order valence-electron chi connectivity index (χ4n) is 1.42. The molecule has 0 aliphatic heterocycles. The van der Waals surface area contributed by atoms with Gasteiger partial charge in [0, 0.05) is 6.54 Å². The van der Waals surface area contributed by atoms with E-state index < -0.39 is 0 Å². The van der Waals surface area contributed by atoms with Gasteiger partial charge in [0.05, 0.1) is 6.61 Å². The Bertz CT molecular complexity index is 393. The van der Waals surface area contributed by atoms with Crippen molar-refractivity contribution in [2.24, 2.45) is 11.7 Å². The number of nitrogens with two attached hydrogens (primary N) is 1. The van der Waals surface area contributed by atoms with Crippen molar-refractivity contribution in [1.82, 2.24) is 5.32 Å². The monoisotopic (exact) mass is 280 g/mol. The number of rotatable bonds is 9. The topological polar surface area (TPSA) is 73.6 Å². The van der Waals surface area contributed by atoms with Gasteiger partial charge >= 0.3 is 0 Å². The van der Waals surface area contributed by atoms with Gasteiger partial charge in [0.15, 0.2) is 6.61 Å². The second-order valence-electron chi connectivity index (χ2n) is 4.75. The summed E-state index contributed by atoms with van der Waals surface area (Å²) in [6.07, 6.45) is 0.972. The van der Waals surface area contributed by atoms with Gasteiger partial charge in [-0.25, -0.2) is 0 Å². The lowest BCUT2D eigenvalue weighted by molar-refractivity contribution is -0.123. The van der Waals surface area contributed by atoms with Crippen LogP contribution in [0.1, 0.15) is 20.3 Å². The Morgan fingerprint density at radius 1 is 1.25 bits per heavy atom. The van der Waals surface area contributed by atoms with E-state index in [-0.39, 0.29) is 18.4 Å². The second kappa shape index (κ2) is 9.20. The lowest BCUT2D eigenvalue weighted by Crippen LogP contribution is -2.34. The van der Waals surface area contributed by atoms with Gasteiger partial charge in [-0.2, -0.15) is 0 Å². The molecule has 0 aliphatic carbocycles. The molecule has 1 aromatic carbocycles. The van der Waals surface area contributed by atoms with Crippen LogP contribution in [0.3, 0.4) is 0 Å². The highest BCUT2D eigenvalue weighted by molar-refractivity contribution is 5.77. The number of carbonyl (C=O) groups excluding carboxylic acids is 1. The van der Waals surface area contributed by atoms with Crippen LogP contribution in [0, 0.1) is 5.92 Å². The number of carbonyl (C=O) groups is 1. The Kier molecular flexibility index (Phi) is 7.50. The maximum atomic E-state index is 11.5. The summed E-state index contributed by atoms with van der Waals surface area (Å²) < 4.78 is 10.9. The predicted octanol–water partition coefficient (Wildman–Crippen LogP) is 1.57. The molecule has 0 bridgehead atoms. The van der Waals surface area contributed by atoms with E-state index in [0.29, 0.717) is 25.4 Å². The van der Waals surface area contributed by atoms with Crippen LogP contribution in [0.4, 0.5) is 0 Å². The zero-order valence-electron chi connectivity index (χ0n) is 12.2. The van der Waals surface area contributed by atoms with Crippen LogP contribution in [0.25, 0.3) is 0 Å². The number of hydrogen-bond donors (Lipinski definition) is 2. The van der Waals surface area contributed by atoms with Gasteiger partial charge in [0.25, 0.3) is 5.91 Å². The van der Waals surface area contributed by atoms with Crippen molar-refractivity contribution in [2.75, 3.05) is 26.3 Å². The molecule has 112 valence electrons. The zero-order chi connectivity index (χ0) is 14.8. The molecule has 0 saturated heterocycles. The van der Waals surface area contributed by atoms with E-state index in [0.717, 1.165) is 12.2 Å². The minimum atomic E-state index is -0.142. The van der Waals surface area contributed by atoms with Crippen molar-refractivity contribution in [3.63, 3.8) is 0 Å². The Morgan fingerprint density at radius 3 is 2.40 bits per heavy atom. The number of amides is 1. The Hall–Kier alpha value is -1.75. The molecule has 0 heterocycles. The van der Waals surface area contributed by atoms with Gasteiger partial charge in [0.2, 0.25) is 0 Å². The Balaban J connectivity index is 2.29. The highest BCUT2D eigenvalue weighted by Crippen LogP contribution is 2.17. The third kappa shape index (κ3) is 6.43. The summed E-state index contributed by atoms with van der Waals surface area (Å²) in [5.41, 5.74) is 5.48. The first-order chi connectivity index (χ1) is 9.65. The first-order valence-electron chi connectivity index (χ1n) is 6.98. The van der Waals surface area contributed by atoms with E-state index in [1.165, 1.54) is 0 Å². The number of nitrogens with one attached hydrogen (secondary N) is 1. The third-order valence-electron chi connectivity index (χ3n) is 2.72. The molecule has 0 saturated carbocycles. The lowest BCUT2D eigenvalue weighted by Gasteiger charge is -2.11. The van der Waals surface area contributed by atoms with E-state index in [9.17, 15) is 4.79 Å². The molecule has 1 rings (SSSR count). The van der Waals surface area contributed by atoms with E-state index in [2.05, 4.69) is 12.2 Å². The van der Waals surface area contributed by atoms with Gasteiger partial charge < -0.3 is 20.5 Å². The van der Waals surface area contributed by atoms with Crippen LogP contribution in [-0.2, 0) is 4.79 Å². The largest absolute Gasteiger partial charge is 0.494 e. The number of benzene rings is 1. The maximum Gasteiger partial charge on any atom is 0.257 e. The summed E-state index contributed by atoms with van der Waals surface area (Å²) >= 11 is 0. The zero-order valence-corrected chi connectivity index (χ0v) is 12.2. The summed E-state index contributed by atoms with van der Waals surface area (Å²) in [6, 6.07) is 7.25. The van der Waals surface area contributed by atoms with Crippen LogP contribution >= 0.6 is 0 Å². The molecule has 0 aromatic heterocycles. The molecule has 1 unspecified atom stereocenters. The lowest BCUT2D eigenvalue weighted by atomic mass is 10.2. The molecule has 1 aromatic rings. The molecule has 0 radical (unpaired) electrons. The third-order valence-corrected chi connectivity index (χ3v) is 2.72. The molecule has 20 heavy (non-hydrogen) atoms. The summed E-state index contributed by atoms with van der Waals surface area (Å²) in [6.45, 7) is 5.87. The van der Waals surface area contributed by atoms with E-state index in [4.69, 9.17) is 15.2 Å². The van der Waals surface area contributed by atoms with Crippen LogP contribution < -0.4 is 20.5 Å². The van der Waals surface area contributed by atoms with Crippen LogP contribution in [0.15, 0.2) is 24.3 Å². The van der Waals surface area contributed by atoms with Gasteiger partial charge in [-0.05, 0) is 43.1 Å². The summed E-state index contributed by atoms with van der Waals surface area (Å²) in [7, 11) is 0. The van der Waals surface area contributed by atoms with Crippen molar-refractivity contribution in [3.05, 3.63) is 24.3 Å². The fraction of sp³-hybridized carbons (Fsp3) is 0.533.